The van der Waals surface area contributed by atoms with Crippen molar-refractivity contribution in [1.82, 2.24) is 9.97 Å². The number of aliphatic hydroxyl groups excluding tert-OH is 1. The Morgan fingerprint density at radius 3 is 2.17 bits per heavy atom. The fourth-order valence-electron chi connectivity index (χ4n) is 0.960. The van der Waals surface area contributed by atoms with Crippen molar-refractivity contribution in [1.29, 1.82) is 0 Å². The maximum absolute atomic E-state index is 12.1. The van der Waals surface area contributed by atoms with Gasteiger partial charge < -0.3 is 5.11 Å². The molecule has 0 bridgehead atoms. The molecule has 0 spiro atoms. The highest BCUT2D eigenvalue weighted by atomic mass is 19.4. The number of hydrogen-bond acceptors (Lipinski definition) is 5. The maximum atomic E-state index is 12.1. The predicted molar refractivity (Wildman–Crippen MR) is 52.1 cm³/mol. The van der Waals surface area contributed by atoms with Gasteiger partial charge in [0.05, 0.1) is 6.26 Å². The van der Waals surface area contributed by atoms with Gasteiger partial charge in [0, 0.05) is 12.4 Å². The smallest absolute Gasteiger partial charge is 0.451 e. The monoisotopic (exact) mass is 262 g/mol. The molecule has 0 saturated heterocycles. The third-order valence-electron chi connectivity index (χ3n) is 1.66. The maximum Gasteiger partial charge on any atom is 0.451 e. The molecule has 0 aliphatic carbocycles. The van der Waals surface area contributed by atoms with E-state index in [1.807, 2.05) is 0 Å². The topological polar surface area (TPSA) is 80.2 Å². The molecule has 1 rings (SSSR count). The van der Waals surface area contributed by atoms with Crippen molar-refractivity contribution in [3.05, 3.63) is 35.6 Å². The zero-order valence-electron chi connectivity index (χ0n) is 9.23. The summed E-state index contributed by atoms with van der Waals surface area (Å²) in [4.78, 5) is 22.6. The first-order chi connectivity index (χ1) is 8.35. The summed E-state index contributed by atoms with van der Waals surface area (Å²) in [5.74, 6) is -1.16. The molecule has 0 amide bonds. The van der Waals surface area contributed by atoms with Crippen LogP contribution in [0.1, 0.15) is 18.3 Å². The highest BCUT2D eigenvalue weighted by Crippen LogP contribution is 2.25. The third-order valence-corrected chi connectivity index (χ3v) is 1.66. The van der Waals surface area contributed by atoms with Crippen LogP contribution in [0, 0.1) is 0 Å². The van der Waals surface area contributed by atoms with Gasteiger partial charge in [-0.05, 0) is 24.5 Å². The summed E-state index contributed by atoms with van der Waals surface area (Å²) in [5, 5.41) is 8.60. The van der Waals surface area contributed by atoms with Crippen LogP contribution in [-0.2, 0) is 22.2 Å². The average molecular weight is 262 g/mol. The number of nitrogens with zero attached hydrogens (tertiary/aromatic N) is 2. The molecule has 98 valence electrons. The van der Waals surface area contributed by atoms with E-state index in [2.05, 4.69) is 9.97 Å². The Hall–Kier alpha value is -2.21. The van der Waals surface area contributed by atoms with Crippen LogP contribution >= 0.6 is 0 Å². The summed E-state index contributed by atoms with van der Waals surface area (Å²) in [6.07, 6.45) is -0.835. The van der Waals surface area contributed by atoms with E-state index in [0.29, 0.717) is 17.6 Å². The van der Waals surface area contributed by atoms with E-state index in [9.17, 15) is 13.2 Å². The molecule has 1 heterocycles. The summed E-state index contributed by atoms with van der Waals surface area (Å²) < 4.78 is 36.2. The number of aliphatic hydroxyl groups is 1. The SMILES string of the molecule is C/C(=C\O)Cc1cnc(C(F)(F)F)nc1.O=C=O. The van der Waals surface area contributed by atoms with Crippen LogP contribution in [0.5, 0.6) is 0 Å². The fourth-order valence-corrected chi connectivity index (χ4v) is 0.960. The van der Waals surface area contributed by atoms with E-state index in [4.69, 9.17) is 14.7 Å². The normalized spacial score (nSPS) is 11.2. The Labute approximate surface area is 100.0 Å². The average Bonchev–Trinajstić information content (AvgIpc) is 2.29. The van der Waals surface area contributed by atoms with E-state index in [-0.39, 0.29) is 6.15 Å². The van der Waals surface area contributed by atoms with Gasteiger partial charge in [0.1, 0.15) is 0 Å². The number of allylic oxidation sites excluding steroid dienone is 1. The lowest BCUT2D eigenvalue weighted by molar-refractivity contribution is -0.191. The van der Waals surface area contributed by atoms with E-state index in [1.54, 1.807) is 6.92 Å². The van der Waals surface area contributed by atoms with Gasteiger partial charge in [0.25, 0.3) is 0 Å². The minimum absolute atomic E-state index is 0.250. The van der Waals surface area contributed by atoms with Crippen molar-refractivity contribution in [3.8, 4) is 0 Å². The highest BCUT2D eigenvalue weighted by Gasteiger charge is 2.34. The van der Waals surface area contributed by atoms with Crippen molar-refractivity contribution in [3.63, 3.8) is 0 Å². The van der Waals surface area contributed by atoms with Crippen LogP contribution < -0.4 is 0 Å². The van der Waals surface area contributed by atoms with Crippen molar-refractivity contribution in [2.75, 3.05) is 0 Å². The summed E-state index contributed by atoms with van der Waals surface area (Å²) >= 11 is 0. The van der Waals surface area contributed by atoms with Gasteiger partial charge in [-0.1, -0.05) is 0 Å². The summed E-state index contributed by atoms with van der Waals surface area (Å²) in [6, 6.07) is 0. The number of halogens is 3. The number of alkyl halides is 3. The molecule has 5 nitrogen and oxygen atoms in total. The Morgan fingerprint density at radius 2 is 1.83 bits per heavy atom. The molecule has 1 aromatic heterocycles. The minimum Gasteiger partial charge on any atom is -0.516 e. The van der Waals surface area contributed by atoms with Gasteiger partial charge in [-0.25, -0.2) is 9.97 Å². The molecule has 0 aliphatic heterocycles. The van der Waals surface area contributed by atoms with E-state index >= 15 is 0 Å². The lowest BCUT2D eigenvalue weighted by Crippen LogP contribution is -2.10. The molecule has 0 fully saturated rings. The second-order valence-electron chi connectivity index (χ2n) is 3.15. The molecule has 18 heavy (non-hydrogen) atoms. The number of aromatic nitrogens is 2. The Balaban J connectivity index is 0.000000873. The second-order valence-corrected chi connectivity index (χ2v) is 3.15. The summed E-state index contributed by atoms with van der Waals surface area (Å²) in [6.45, 7) is 1.65. The number of hydrogen-bond donors (Lipinski definition) is 1. The molecule has 1 aromatic rings. The Bertz CT molecular complexity index is 435. The molecule has 0 unspecified atom stereocenters. The zero-order chi connectivity index (χ0) is 14.2. The minimum atomic E-state index is -4.51. The van der Waals surface area contributed by atoms with E-state index < -0.39 is 12.0 Å². The van der Waals surface area contributed by atoms with E-state index in [0.717, 1.165) is 18.7 Å². The molecular weight excluding hydrogens is 253 g/mol. The molecule has 0 atom stereocenters. The van der Waals surface area contributed by atoms with Crippen LogP contribution in [0.3, 0.4) is 0 Å². The first-order valence-electron chi connectivity index (χ1n) is 4.52. The van der Waals surface area contributed by atoms with E-state index in [1.165, 1.54) is 0 Å². The molecule has 8 heteroatoms. The van der Waals surface area contributed by atoms with Crippen LogP contribution in [-0.4, -0.2) is 21.2 Å². The van der Waals surface area contributed by atoms with Crippen molar-refractivity contribution in [2.24, 2.45) is 0 Å². The van der Waals surface area contributed by atoms with Gasteiger partial charge in [-0.3, -0.25) is 0 Å². The summed E-state index contributed by atoms with van der Waals surface area (Å²) in [5.41, 5.74) is 1.14. The number of rotatable bonds is 2. The Morgan fingerprint density at radius 1 is 1.39 bits per heavy atom. The zero-order valence-corrected chi connectivity index (χ0v) is 9.23. The number of carbonyl (C=O) groups excluding carboxylic acids is 2. The van der Waals surface area contributed by atoms with Gasteiger partial charge >= 0.3 is 12.3 Å². The lowest BCUT2D eigenvalue weighted by Gasteiger charge is -2.05. The van der Waals surface area contributed by atoms with Crippen molar-refractivity contribution in [2.45, 2.75) is 19.5 Å². The predicted octanol–water partition coefficient (Wildman–Crippen LogP) is 1.92. The second kappa shape index (κ2) is 7.18. The largest absolute Gasteiger partial charge is 0.516 e. The molecule has 0 aliphatic rings. The fraction of sp³-hybridized carbons (Fsp3) is 0.300. The van der Waals surface area contributed by atoms with Crippen molar-refractivity contribution >= 4 is 6.15 Å². The highest BCUT2D eigenvalue weighted by molar-refractivity contribution is 5.20. The quantitative estimate of drug-likeness (QED) is 0.823. The van der Waals surface area contributed by atoms with Crippen LogP contribution in [0.2, 0.25) is 0 Å². The van der Waals surface area contributed by atoms with Gasteiger partial charge in [-0.15, -0.1) is 0 Å². The van der Waals surface area contributed by atoms with Crippen LogP contribution in [0.4, 0.5) is 13.2 Å². The Kier molecular flexibility index (Phi) is 6.30. The lowest BCUT2D eigenvalue weighted by atomic mass is 10.1. The molecular formula is C10H9F3N2O3. The van der Waals surface area contributed by atoms with Gasteiger partial charge in [0.15, 0.2) is 0 Å². The first-order valence-corrected chi connectivity index (χ1v) is 4.52. The van der Waals surface area contributed by atoms with Gasteiger partial charge in [0.2, 0.25) is 5.82 Å². The molecule has 0 saturated carbocycles. The standard InChI is InChI=1S/C9H9F3N2O.CO2/c1-6(5-15)2-7-3-13-8(14-4-7)9(10,11)12;2-1-3/h3-5,15H,2H2,1H3;/b6-5+;. The molecule has 1 N–H and O–H groups in total. The first kappa shape index (κ1) is 15.8. The van der Waals surface area contributed by atoms with Gasteiger partial charge in [-0.2, -0.15) is 22.8 Å². The van der Waals surface area contributed by atoms with Crippen molar-refractivity contribution < 1.29 is 27.9 Å². The third kappa shape index (κ3) is 5.76. The molecule has 0 aromatic carbocycles. The summed E-state index contributed by atoms with van der Waals surface area (Å²) in [7, 11) is 0. The van der Waals surface area contributed by atoms with Crippen LogP contribution in [0.25, 0.3) is 0 Å². The van der Waals surface area contributed by atoms with Crippen LogP contribution in [0.15, 0.2) is 24.2 Å². The molecule has 0 radical (unpaired) electrons.